The minimum Gasteiger partial charge on any atom is -0.207 e. The van der Waals surface area contributed by atoms with Gasteiger partial charge in [-0.2, -0.15) is 0 Å². The highest BCUT2D eigenvalue weighted by atomic mass is 79.9. The van der Waals surface area contributed by atoms with Crippen molar-refractivity contribution in [3.63, 3.8) is 0 Å². The van der Waals surface area contributed by atoms with Crippen molar-refractivity contribution >= 4 is 27.5 Å². The number of halogens is 4. The molecule has 0 nitrogen and oxygen atoms in total. The second kappa shape index (κ2) is 7.44. The van der Waals surface area contributed by atoms with Crippen LogP contribution in [0.2, 0.25) is 0 Å². The van der Waals surface area contributed by atoms with E-state index in [1.54, 1.807) is 0 Å². The molecule has 18 heavy (non-hydrogen) atoms. The quantitative estimate of drug-likeness (QED) is 0.426. The molecule has 0 bridgehead atoms. The van der Waals surface area contributed by atoms with Crippen LogP contribution in [-0.4, -0.2) is 0 Å². The molecular weight excluding hydrogens is 322 g/mol. The van der Waals surface area contributed by atoms with Crippen LogP contribution in [0.25, 0.3) is 0 Å². The molecule has 4 heteroatoms. The van der Waals surface area contributed by atoms with Crippen molar-refractivity contribution < 1.29 is 8.78 Å². The lowest BCUT2D eigenvalue weighted by molar-refractivity contribution is 0.416. The summed E-state index contributed by atoms with van der Waals surface area (Å²) in [6.45, 7) is 4.15. The van der Waals surface area contributed by atoms with Gasteiger partial charge in [-0.25, -0.2) is 8.78 Å². The van der Waals surface area contributed by atoms with Gasteiger partial charge >= 0.3 is 0 Å². The van der Waals surface area contributed by atoms with E-state index < -0.39 is 17.0 Å². The average molecular weight is 340 g/mol. The highest BCUT2D eigenvalue weighted by molar-refractivity contribution is 9.10. The van der Waals surface area contributed by atoms with Crippen LogP contribution in [0.4, 0.5) is 8.78 Å². The molecule has 0 saturated heterocycles. The molecule has 1 atom stereocenters. The van der Waals surface area contributed by atoms with E-state index in [2.05, 4.69) is 29.8 Å². The Balaban J connectivity index is 3.00. The van der Waals surface area contributed by atoms with Crippen LogP contribution in [0.3, 0.4) is 0 Å². The third-order valence-corrected chi connectivity index (χ3v) is 4.27. The van der Waals surface area contributed by atoms with Crippen molar-refractivity contribution in [3.05, 3.63) is 33.8 Å². The highest BCUT2D eigenvalue weighted by Crippen LogP contribution is 2.37. The van der Waals surface area contributed by atoms with Crippen molar-refractivity contribution in [1.82, 2.24) is 0 Å². The van der Waals surface area contributed by atoms with Gasteiger partial charge in [0.15, 0.2) is 0 Å². The Morgan fingerprint density at radius 3 is 2.17 bits per heavy atom. The van der Waals surface area contributed by atoms with Crippen molar-refractivity contribution in [1.29, 1.82) is 0 Å². The van der Waals surface area contributed by atoms with E-state index in [9.17, 15) is 8.78 Å². The van der Waals surface area contributed by atoms with Gasteiger partial charge < -0.3 is 0 Å². The molecule has 0 aliphatic rings. The smallest absolute Gasteiger partial charge is 0.137 e. The Morgan fingerprint density at radius 2 is 1.67 bits per heavy atom. The van der Waals surface area contributed by atoms with Gasteiger partial charge in [-0.15, -0.1) is 11.6 Å². The van der Waals surface area contributed by atoms with Gasteiger partial charge in [-0.1, -0.05) is 26.7 Å². The fraction of sp³-hybridized carbons (Fsp3) is 0.571. The van der Waals surface area contributed by atoms with Gasteiger partial charge in [-0.05, 0) is 46.8 Å². The molecule has 102 valence electrons. The molecule has 0 aliphatic carbocycles. The molecule has 0 aromatic heterocycles. The van der Waals surface area contributed by atoms with Gasteiger partial charge in [-0.3, -0.25) is 0 Å². The summed E-state index contributed by atoms with van der Waals surface area (Å²) in [7, 11) is 0. The average Bonchev–Trinajstić information content (AvgIpc) is 2.33. The number of benzene rings is 1. The zero-order valence-corrected chi connectivity index (χ0v) is 13.0. The maximum atomic E-state index is 13.8. The molecule has 0 radical (unpaired) electrons. The summed E-state index contributed by atoms with van der Waals surface area (Å²) in [4.78, 5) is 0. The Hall–Kier alpha value is -0.150. The molecule has 1 aromatic rings. The Bertz CT molecular complexity index is 390. The van der Waals surface area contributed by atoms with E-state index in [0.29, 0.717) is 0 Å². The minimum absolute atomic E-state index is 0.134. The van der Waals surface area contributed by atoms with E-state index in [1.165, 1.54) is 6.07 Å². The predicted octanol–water partition coefficient (Wildman–Crippen LogP) is 6.22. The first-order valence-corrected chi connectivity index (χ1v) is 7.52. The Morgan fingerprint density at radius 1 is 1.11 bits per heavy atom. The van der Waals surface area contributed by atoms with Crippen LogP contribution in [0, 0.1) is 17.6 Å². The number of hydrogen-bond acceptors (Lipinski definition) is 0. The number of alkyl halides is 1. The molecule has 0 N–H and O–H groups in total. The van der Waals surface area contributed by atoms with Crippen LogP contribution in [0.15, 0.2) is 16.6 Å². The molecule has 0 heterocycles. The lowest BCUT2D eigenvalue weighted by atomic mass is 9.90. The topological polar surface area (TPSA) is 0 Å². The monoisotopic (exact) mass is 338 g/mol. The lowest BCUT2D eigenvalue weighted by Gasteiger charge is -2.22. The predicted molar refractivity (Wildman–Crippen MR) is 76.0 cm³/mol. The molecule has 1 aromatic carbocycles. The Labute approximate surface area is 121 Å². The van der Waals surface area contributed by atoms with Crippen molar-refractivity contribution in [3.8, 4) is 0 Å². The van der Waals surface area contributed by atoms with Crippen LogP contribution in [-0.2, 0) is 0 Å². The fourth-order valence-electron chi connectivity index (χ4n) is 2.18. The summed E-state index contributed by atoms with van der Waals surface area (Å²) in [5.74, 6) is -0.721. The second-order valence-corrected chi connectivity index (χ2v) is 5.85. The maximum Gasteiger partial charge on any atom is 0.137 e. The van der Waals surface area contributed by atoms with Crippen molar-refractivity contribution in [2.75, 3.05) is 0 Å². The summed E-state index contributed by atoms with van der Waals surface area (Å²) in [6.07, 6.45) is 3.85. The van der Waals surface area contributed by atoms with Crippen LogP contribution in [0.5, 0.6) is 0 Å². The standard InChI is InChI=1S/C14H18BrClF2/c1-3-5-9(6-4-2)14(16)10-7-13(18)11(15)8-12(10)17/h7-9,14H,3-6H2,1-2H3. The number of hydrogen-bond donors (Lipinski definition) is 0. The molecule has 0 amide bonds. The largest absolute Gasteiger partial charge is 0.207 e. The zero-order chi connectivity index (χ0) is 13.7. The summed E-state index contributed by atoms with van der Waals surface area (Å²) < 4.78 is 27.5. The molecule has 0 spiro atoms. The first-order chi connectivity index (χ1) is 8.51. The molecule has 1 unspecified atom stereocenters. The van der Waals surface area contributed by atoms with Gasteiger partial charge in [0.2, 0.25) is 0 Å². The normalized spacial score (nSPS) is 13.1. The summed E-state index contributed by atoms with van der Waals surface area (Å²) in [6, 6.07) is 2.35. The van der Waals surface area contributed by atoms with E-state index in [1.807, 2.05) is 0 Å². The molecule has 0 fully saturated rings. The summed E-state index contributed by atoms with van der Waals surface area (Å²) in [5.41, 5.74) is 0.268. The maximum absolute atomic E-state index is 13.8. The van der Waals surface area contributed by atoms with Crippen LogP contribution < -0.4 is 0 Å². The van der Waals surface area contributed by atoms with E-state index in [0.717, 1.165) is 31.7 Å². The van der Waals surface area contributed by atoms with Gasteiger partial charge in [0.25, 0.3) is 0 Å². The fourth-order valence-corrected chi connectivity index (χ4v) is 2.92. The zero-order valence-electron chi connectivity index (χ0n) is 10.6. The van der Waals surface area contributed by atoms with Crippen LogP contribution in [0.1, 0.15) is 50.5 Å². The SMILES string of the molecule is CCCC(CCC)C(Cl)c1cc(F)c(Br)cc1F. The molecular formula is C14H18BrClF2. The van der Waals surface area contributed by atoms with Crippen molar-refractivity contribution in [2.24, 2.45) is 5.92 Å². The van der Waals surface area contributed by atoms with Gasteiger partial charge in [0.1, 0.15) is 11.6 Å². The number of rotatable bonds is 6. The summed E-state index contributed by atoms with van der Waals surface area (Å²) in [5, 5.41) is -0.465. The van der Waals surface area contributed by atoms with Crippen molar-refractivity contribution in [2.45, 2.75) is 44.9 Å². The highest BCUT2D eigenvalue weighted by Gasteiger charge is 2.23. The molecule has 0 aliphatic heterocycles. The molecule has 1 rings (SSSR count). The molecule has 0 saturated carbocycles. The Kier molecular flexibility index (Phi) is 6.58. The first-order valence-electron chi connectivity index (χ1n) is 6.29. The van der Waals surface area contributed by atoms with Gasteiger partial charge in [0.05, 0.1) is 9.85 Å². The van der Waals surface area contributed by atoms with E-state index in [-0.39, 0.29) is 16.0 Å². The third-order valence-electron chi connectivity index (χ3n) is 3.07. The lowest BCUT2D eigenvalue weighted by Crippen LogP contribution is -2.10. The van der Waals surface area contributed by atoms with E-state index >= 15 is 0 Å². The van der Waals surface area contributed by atoms with E-state index in [4.69, 9.17) is 11.6 Å². The second-order valence-electron chi connectivity index (χ2n) is 4.53. The summed E-state index contributed by atoms with van der Waals surface area (Å²) >= 11 is 9.31. The minimum atomic E-state index is -0.469. The first kappa shape index (κ1) is 15.9. The van der Waals surface area contributed by atoms with Crippen LogP contribution >= 0.6 is 27.5 Å². The van der Waals surface area contributed by atoms with Gasteiger partial charge in [0, 0.05) is 5.56 Å². The third kappa shape index (κ3) is 3.92.